The van der Waals surface area contributed by atoms with E-state index in [0.29, 0.717) is 6.54 Å². The lowest BCUT2D eigenvalue weighted by atomic mass is 10.1. The van der Waals surface area contributed by atoms with Crippen LogP contribution in [0.25, 0.3) is 0 Å². The third-order valence-corrected chi connectivity index (χ3v) is 3.62. The highest BCUT2D eigenvalue weighted by molar-refractivity contribution is 9.10. The van der Waals surface area contributed by atoms with E-state index in [2.05, 4.69) is 31.5 Å². The number of amides is 1. The van der Waals surface area contributed by atoms with Crippen LogP contribution < -0.4 is 10.6 Å². The molecular weight excluding hydrogens is 330 g/mol. The van der Waals surface area contributed by atoms with Crippen molar-refractivity contribution in [3.05, 3.63) is 64.4 Å². The van der Waals surface area contributed by atoms with Crippen LogP contribution in [0.5, 0.6) is 0 Å². The molecule has 0 aliphatic carbocycles. The summed E-state index contributed by atoms with van der Waals surface area (Å²) in [4.78, 5) is 15.8. The summed E-state index contributed by atoms with van der Waals surface area (Å²) < 4.78 is 1.04. The van der Waals surface area contributed by atoms with E-state index in [4.69, 9.17) is 0 Å². The Kier molecular flexibility index (Phi) is 5.90. The number of rotatable bonds is 6. The van der Waals surface area contributed by atoms with Gasteiger partial charge >= 0.3 is 0 Å². The van der Waals surface area contributed by atoms with Crippen LogP contribution in [0.1, 0.15) is 24.1 Å². The van der Waals surface area contributed by atoms with Gasteiger partial charge in [0, 0.05) is 29.5 Å². The van der Waals surface area contributed by atoms with Crippen LogP contribution in [0.15, 0.2) is 53.3 Å². The number of hydrogen-bond donors (Lipinski definition) is 2. The highest BCUT2D eigenvalue weighted by Crippen LogP contribution is 2.17. The molecule has 1 atom stereocenters. The molecule has 0 aliphatic rings. The van der Waals surface area contributed by atoms with Gasteiger partial charge in [0.05, 0.1) is 6.54 Å². The van der Waals surface area contributed by atoms with Gasteiger partial charge in [0.25, 0.3) is 0 Å². The smallest absolute Gasteiger partial charge is 0.234 e. The van der Waals surface area contributed by atoms with Crippen molar-refractivity contribution >= 4 is 21.8 Å². The average Bonchev–Trinajstić information content (AvgIpc) is 2.51. The minimum atomic E-state index is -0.0271. The van der Waals surface area contributed by atoms with Gasteiger partial charge in [0.2, 0.25) is 5.91 Å². The highest BCUT2D eigenvalue weighted by Gasteiger charge is 2.07. The fourth-order valence-corrected chi connectivity index (χ4v) is 2.32. The predicted molar refractivity (Wildman–Crippen MR) is 86.6 cm³/mol. The standard InChI is InChI=1S/C16H18BrN3O/c1-12(14-5-2-6-15(17)8-14)19-11-16(21)20-10-13-4-3-7-18-9-13/h2-9,12,19H,10-11H2,1H3,(H,20,21). The Labute approximate surface area is 133 Å². The Morgan fingerprint density at radius 2 is 2.19 bits per heavy atom. The minimum absolute atomic E-state index is 0.0271. The number of aromatic nitrogens is 1. The van der Waals surface area contributed by atoms with Crippen LogP contribution in [0.2, 0.25) is 0 Å². The van der Waals surface area contributed by atoms with Gasteiger partial charge in [-0.3, -0.25) is 9.78 Å². The maximum atomic E-state index is 11.8. The number of hydrogen-bond acceptors (Lipinski definition) is 3. The summed E-state index contributed by atoms with van der Waals surface area (Å²) in [6.07, 6.45) is 3.46. The Bertz CT molecular complexity index is 589. The van der Waals surface area contributed by atoms with Crippen LogP contribution in [-0.2, 0) is 11.3 Å². The van der Waals surface area contributed by atoms with Crippen LogP contribution in [0.3, 0.4) is 0 Å². The molecule has 1 unspecified atom stereocenters. The maximum absolute atomic E-state index is 11.8. The van der Waals surface area contributed by atoms with E-state index in [9.17, 15) is 4.79 Å². The number of nitrogens with zero attached hydrogens (tertiary/aromatic N) is 1. The lowest BCUT2D eigenvalue weighted by Gasteiger charge is -2.14. The lowest BCUT2D eigenvalue weighted by molar-refractivity contribution is -0.120. The Morgan fingerprint density at radius 1 is 1.33 bits per heavy atom. The van der Waals surface area contributed by atoms with Crippen molar-refractivity contribution in [3.63, 3.8) is 0 Å². The van der Waals surface area contributed by atoms with Gasteiger partial charge < -0.3 is 10.6 Å². The third kappa shape index (κ3) is 5.28. The zero-order valence-electron chi connectivity index (χ0n) is 11.8. The van der Waals surface area contributed by atoms with E-state index in [1.54, 1.807) is 12.4 Å². The first-order valence-electron chi connectivity index (χ1n) is 6.79. The maximum Gasteiger partial charge on any atom is 0.234 e. The average molecular weight is 348 g/mol. The summed E-state index contributed by atoms with van der Waals surface area (Å²) in [5, 5.41) is 6.08. The zero-order chi connectivity index (χ0) is 15.1. The highest BCUT2D eigenvalue weighted by atomic mass is 79.9. The third-order valence-electron chi connectivity index (χ3n) is 3.13. The van der Waals surface area contributed by atoms with Crippen molar-refractivity contribution in [2.24, 2.45) is 0 Å². The van der Waals surface area contributed by atoms with Crippen molar-refractivity contribution < 1.29 is 4.79 Å². The van der Waals surface area contributed by atoms with Crippen LogP contribution >= 0.6 is 15.9 Å². The summed E-state index contributed by atoms with van der Waals surface area (Å²) in [5.74, 6) is -0.0271. The number of pyridine rings is 1. The van der Waals surface area contributed by atoms with E-state index in [1.165, 1.54) is 0 Å². The molecule has 0 spiro atoms. The molecule has 0 saturated carbocycles. The molecule has 1 aromatic carbocycles. The van der Waals surface area contributed by atoms with E-state index in [1.807, 2.05) is 43.3 Å². The van der Waals surface area contributed by atoms with E-state index in [0.717, 1.165) is 15.6 Å². The second-order valence-corrected chi connectivity index (χ2v) is 5.71. The predicted octanol–water partition coefficient (Wildman–Crippen LogP) is 2.81. The molecule has 110 valence electrons. The molecule has 1 heterocycles. The first kappa shape index (κ1) is 15.7. The molecule has 0 radical (unpaired) electrons. The molecule has 1 amide bonds. The fraction of sp³-hybridized carbons (Fsp3) is 0.250. The Balaban J connectivity index is 1.76. The first-order chi connectivity index (χ1) is 10.1. The SMILES string of the molecule is CC(NCC(=O)NCc1cccnc1)c1cccc(Br)c1. The van der Waals surface area contributed by atoms with Crippen molar-refractivity contribution in [2.75, 3.05) is 6.54 Å². The number of carbonyl (C=O) groups excluding carboxylic acids is 1. The molecular formula is C16H18BrN3O. The van der Waals surface area contributed by atoms with Crippen LogP contribution in [0, 0.1) is 0 Å². The topological polar surface area (TPSA) is 54.0 Å². The Morgan fingerprint density at radius 3 is 2.90 bits per heavy atom. The Hall–Kier alpha value is -1.72. The molecule has 2 aromatic rings. The number of halogens is 1. The first-order valence-corrected chi connectivity index (χ1v) is 7.59. The van der Waals surface area contributed by atoms with Crippen molar-refractivity contribution in [2.45, 2.75) is 19.5 Å². The quantitative estimate of drug-likeness (QED) is 0.844. The molecule has 2 rings (SSSR count). The second kappa shape index (κ2) is 7.90. The van der Waals surface area contributed by atoms with Gasteiger partial charge in [0.15, 0.2) is 0 Å². The van der Waals surface area contributed by atoms with E-state index >= 15 is 0 Å². The van der Waals surface area contributed by atoms with Gasteiger partial charge in [0.1, 0.15) is 0 Å². The molecule has 2 N–H and O–H groups in total. The summed E-state index contributed by atoms with van der Waals surface area (Å²) >= 11 is 3.45. The molecule has 5 heteroatoms. The summed E-state index contributed by atoms with van der Waals surface area (Å²) in [6, 6.07) is 12.0. The summed E-state index contributed by atoms with van der Waals surface area (Å²) in [7, 11) is 0. The van der Waals surface area contributed by atoms with Crippen molar-refractivity contribution in [1.29, 1.82) is 0 Å². The van der Waals surface area contributed by atoms with Crippen LogP contribution in [-0.4, -0.2) is 17.4 Å². The summed E-state index contributed by atoms with van der Waals surface area (Å²) in [6.45, 7) is 2.82. The van der Waals surface area contributed by atoms with Crippen LogP contribution in [0.4, 0.5) is 0 Å². The molecule has 0 aliphatic heterocycles. The van der Waals surface area contributed by atoms with E-state index in [-0.39, 0.29) is 18.5 Å². The lowest BCUT2D eigenvalue weighted by Crippen LogP contribution is -2.34. The van der Waals surface area contributed by atoms with Crippen molar-refractivity contribution in [3.8, 4) is 0 Å². The molecule has 0 fully saturated rings. The number of benzene rings is 1. The normalized spacial score (nSPS) is 11.9. The zero-order valence-corrected chi connectivity index (χ0v) is 13.4. The monoisotopic (exact) mass is 347 g/mol. The van der Waals surface area contributed by atoms with Gasteiger partial charge in [-0.25, -0.2) is 0 Å². The van der Waals surface area contributed by atoms with E-state index < -0.39 is 0 Å². The second-order valence-electron chi connectivity index (χ2n) is 4.80. The largest absolute Gasteiger partial charge is 0.351 e. The molecule has 0 bridgehead atoms. The van der Waals surface area contributed by atoms with Crippen molar-refractivity contribution in [1.82, 2.24) is 15.6 Å². The number of nitrogens with one attached hydrogen (secondary N) is 2. The molecule has 4 nitrogen and oxygen atoms in total. The molecule has 21 heavy (non-hydrogen) atoms. The van der Waals surface area contributed by atoms with Gasteiger partial charge in [-0.05, 0) is 36.2 Å². The fourth-order valence-electron chi connectivity index (χ4n) is 1.91. The number of carbonyl (C=O) groups is 1. The minimum Gasteiger partial charge on any atom is -0.351 e. The van der Waals surface area contributed by atoms with Gasteiger partial charge in [-0.15, -0.1) is 0 Å². The summed E-state index contributed by atoms with van der Waals surface area (Å²) in [5.41, 5.74) is 2.13. The molecule has 0 saturated heterocycles. The molecule has 1 aromatic heterocycles. The van der Waals surface area contributed by atoms with Gasteiger partial charge in [-0.1, -0.05) is 34.1 Å². The van der Waals surface area contributed by atoms with Gasteiger partial charge in [-0.2, -0.15) is 0 Å².